The summed E-state index contributed by atoms with van der Waals surface area (Å²) in [6, 6.07) is 9.46. The van der Waals surface area contributed by atoms with Crippen LogP contribution in [0, 0.1) is 35.0 Å². The Bertz CT molecular complexity index is 588. The molecule has 1 aromatic carbocycles. The fourth-order valence-corrected chi connectivity index (χ4v) is 5.13. The molecule has 3 nitrogen and oxygen atoms in total. The second kappa shape index (κ2) is 4.87. The average molecular weight is 280 g/mol. The van der Waals surface area contributed by atoms with Crippen LogP contribution in [-0.2, 0) is 0 Å². The SMILES string of the molecule is N#Cc1cccc(C(=O)NC2C3CC4CC(C3)CC2C4)c1. The maximum absolute atomic E-state index is 12.5. The minimum Gasteiger partial charge on any atom is -0.349 e. The van der Waals surface area contributed by atoms with Crippen LogP contribution < -0.4 is 5.32 Å². The van der Waals surface area contributed by atoms with E-state index in [1.54, 1.807) is 24.3 Å². The van der Waals surface area contributed by atoms with Gasteiger partial charge < -0.3 is 5.32 Å². The first-order valence-corrected chi connectivity index (χ1v) is 8.04. The summed E-state index contributed by atoms with van der Waals surface area (Å²) in [5.74, 6) is 3.20. The van der Waals surface area contributed by atoms with Gasteiger partial charge in [0.15, 0.2) is 0 Å². The Labute approximate surface area is 125 Å². The van der Waals surface area contributed by atoms with E-state index in [0.717, 1.165) is 11.8 Å². The highest BCUT2D eigenvalue weighted by atomic mass is 16.1. The number of carbonyl (C=O) groups excluding carboxylic acids is 1. The molecule has 0 aromatic heterocycles. The van der Waals surface area contributed by atoms with E-state index in [-0.39, 0.29) is 5.91 Å². The molecule has 0 aliphatic heterocycles. The molecule has 0 radical (unpaired) electrons. The Balaban J connectivity index is 1.51. The molecule has 0 saturated heterocycles. The Morgan fingerprint density at radius 1 is 1.10 bits per heavy atom. The lowest BCUT2D eigenvalue weighted by Gasteiger charge is -2.54. The van der Waals surface area contributed by atoms with E-state index in [2.05, 4.69) is 11.4 Å². The van der Waals surface area contributed by atoms with Crippen molar-refractivity contribution in [3.8, 4) is 6.07 Å². The van der Waals surface area contributed by atoms with Gasteiger partial charge in [-0.2, -0.15) is 5.26 Å². The van der Waals surface area contributed by atoms with Gasteiger partial charge in [0.05, 0.1) is 11.6 Å². The van der Waals surface area contributed by atoms with Gasteiger partial charge in [0.1, 0.15) is 0 Å². The number of benzene rings is 1. The van der Waals surface area contributed by atoms with Crippen molar-refractivity contribution in [2.24, 2.45) is 23.7 Å². The summed E-state index contributed by atoms with van der Waals surface area (Å²) >= 11 is 0. The fourth-order valence-electron chi connectivity index (χ4n) is 5.13. The van der Waals surface area contributed by atoms with Gasteiger partial charge in [-0.1, -0.05) is 6.07 Å². The van der Waals surface area contributed by atoms with Crippen LogP contribution in [0.25, 0.3) is 0 Å². The number of amides is 1. The van der Waals surface area contributed by atoms with Crippen LogP contribution in [0.1, 0.15) is 48.0 Å². The first kappa shape index (κ1) is 12.9. The van der Waals surface area contributed by atoms with Crippen molar-refractivity contribution in [1.82, 2.24) is 5.32 Å². The summed E-state index contributed by atoms with van der Waals surface area (Å²) in [5, 5.41) is 12.2. The molecule has 0 heterocycles. The third-order valence-electron chi connectivity index (χ3n) is 5.78. The zero-order chi connectivity index (χ0) is 14.4. The van der Waals surface area contributed by atoms with Crippen molar-refractivity contribution in [2.75, 3.05) is 0 Å². The Morgan fingerprint density at radius 2 is 1.76 bits per heavy atom. The first-order chi connectivity index (χ1) is 10.2. The third kappa shape index (κ3) is 2.23. The van der Waals surface area contributed by atoms with Gasteiger partial charge in [-0.3, -0.25) is 4.79 Å². The van der Waals surface area contributed by atoms with E-state index in [1.807, 2.05) is 0 Å². The number of hydrogen-bond acceptors (Lipinski definition) is 2. The molecule has 1 N–H and O–H groups in total. The topological polar surface area (TPSA) is 52.9 Å². The minimum atomic E-state index is -0.00965. The van der Waals surface area contributed by atoms with Crippen LogP contribution in [0.2, 0.25) is 0 Å². The first-order valence-electron chi connectivity index (χ1n) is 8.04. The summed E-state index contributed by atoms with van der Waals surface area (Å²) in [7, 11) is 0. The molecule has 108 valence electrons. The molecule has 4 aliphatic carbocycles. The number of nitrogens with one attached hydrogen (secondary N) is 1. The van der Waals surface area contributed by atoms with Crippen LogP contribution in [0.3, 0.4) is 0 Å². The van der Waals surface area contributed by atoms with Crippen molar-refractivity contribution < 1.29 is 4.79 Å². The maximum atomic E-state index is 12.5. The van der Waals surface area contributed by atoms with Crippen molar-refractivity contribution in [2.45, 2.75) is 38.1 Å². The van der Waals surface area contributed by atoms with Crippen molar-refractivity contribution in [3.05, 3.63) is 35.4 Å². The molecular formula is C18H20N2O. The molecule has 4 saturated carbocycles. The zero-order valence-electron chi connectivity index (χ0n) is 12.1. The van der Waals surface area contributed by atoms with E-state index in [0.29, 0.717) is 29.0 Å². The standard InChI is InChI=1S/C18H20N2O/c19-10-11-2-1-3-14(5-11)18(21)20-17-15-6-12-4-13(8-15)9-16(17)7-12/h1-3,5,12-13,15-17H,4,6-9H2,(H,20,21). The third-order valence-corrected chi connectivity index (χ3v) is 5.78. The zero-order valence-corrected chi connectivity index (χ0v) is 12.1. The van der Waals surface area contributed by atoms with E-state index in [9.17, 15) is 4.79 Å². The minimum absolute atomic E-state index is 0.00965. The molecule has 1 aromatic rings. The monoisotopic (exact) mass is 280 g/mol. The highest BCUT2D eigenvalue weighted by Gasteiger charge is 2.48. The summed E-state index contributed by atoms with van der Waals surface area (Å²) in [5.41, 5.74) is 1.16. The second-order valence-electron chi connectivity index (χ2n) is 7.12. The smallest absolute Gasteiger partial charge is 0.251 e. The number of carbonyl (C=O) groups is 1. The van der Waals surface area contributed by atoms with E-state index in [1.165, 1.54) is 32.1 Å². The molecule has 21 heavy (non-hydrogen) atoms. The molecule has 4 fully saturated rings. The fraction of sp³-hybridized carbons (Fsp3) is 0.556. The summed E-state index contributed by atoms with van der Waals surface area (Å²) < 4.78 is 0. The molecule has 0 unspecified atom stereocenters. The molecule has 3 heteroatoms. The predicted molar refractivity (Wildman–Crippen MR) is 79.5 cm³/mol. The number of nitrogens with zero attached hydrogens (tertiary/aromatic N) is 1. The van der Waals surface area contributed by atoms with Gasteiger partial charge in [-0.05, 0) is 74.0 Å². The van der Waals surface area contributed by atoms with E-state index < -0.39 is 0 Å². The molecule has 0 atom stereocenters. The van der Waals surface area contributed by atoms with Crippen LogP contribution in [0.5, 0.6) is 0 Å². The van der Waals surface area contributed by atoms with Gasteiger partial charge >= 0.3 is 0 Å². The van der Waals surface area contributed by atoms with E-state index in [4.69, 9.17) is 5.26 Å². The highest BCUT2D eigenvalue weighted by molar-refractivity contribution is 5.94. The lowest BCUT2D eigenvalue weighted by atomic mass is 9.54. The number of rotatable bonds is 2. The number of nitriles is 1. The van der Waals surface area contributed by atoms with Gasteiger partial charge in [0.2, 0.25) is 0 Å². The van der Waals surface area contributed by atoms with Crippen LogP contribution >= 0.6 is 0 Å². The van der Waals surface area contributed by atoms with Gasteiger partial charge in [-0.15, -0.1) is 0 Å². The van der Waals surface area contributed by atoms with Crippen LogP contribution in [0.4, 0.5) is 0 Å². The highest BCUT2D eigenvalue weighted by Crippen LogP contribution is 2.53. The molecule has 5 rings (SSSR count). The average Bonchev–Trinajstić information content (AvgIpc) is 2.50. The molecule has 4 aliphatic rings. The second-order valence-corrected chi connectivity index (χ2v) is 7.12. The van der Waals surface area contributed by atoms with Crippen molar-refractivity contribution >= 4 is 5.91 Å². The molecule has 1 amide bonds. The van der Waals surface area contributed by atoms with E-state index >= 15 is 0 Å². The lowest BCUT2D eigenvalue weighted by Crippen LogP contribution is -2.55. The molecule has 0 spiro atoms. The van der Waals surface area contributed by atoms with Crippen molar-refractivity contribution in [3.63, 3.8) is 0 Å². The summed E-state index contributed by atoms with van der Waals surface area (Å²) in [4.78, 5) is 12.5. The largest absolute Gasteiger partial charge is 0.349 e. The normalized spacial score (nSPS) is 36.2. The lowest BCUT2D eigenvalue weighted by molar-refractivity contribution is -0.0119. The quantitative estimate of drug-likeness (QED) is 0.905. The Morgan fingerprint density at radius 3 is 2.38 bits per heavy atom. The maximum Gasteiger partial charge on any atom is 0.251 e. The van der Waals surface area contributed by atoms with Crippen LogP contribution in [0.15, 0.2) is 24.3 Å². The molecular weight excluding hydrogens is 260 g/mol. The molecule has 4 bridgehead atoms. The summed E-state index contributed by atoms with van der Waals surface area (Å²) in [6.07, 6.45) is 6.64. The number of hydrogen-bond donors (Lipinski definition) is 1. The Kier molecular flexibility index (Phi) is 2.99. The van der Waals surface area contributed by atoms with Crippen LogP contribution in [-0.4, -0.2) is 11.9 Å². The summed E-state index contributed by atoms with van der Waals surface area (Å²) in [6.45, 7) is 0. The Hall–Kier alpha value is -1.82. The van der Waals surface area contributed by atoms with Crippen molar-refractivity contribution in [1.29, 1.82) is 5.26 Å². The van der Waals surface area contributed by atoms with Gasteiger partial charge in [0, 0.05) is 11.6 Å². The predicted octanol–water partition coefficient (Wildman–Crippen LogP) is 3.11. The van der Waals surface area contributed by atoms with Gasteiger partial charge in [-0.25, -0.2) is 0 Å². The van der Waals surface area contributed by atoms with Gasteiger partial charge in [0.25, 0.3) is 5.91 Å².